The van der Waals surface area contributed by atoms with Gasteiger partial charge in [0, 0.05) is 29.6 Å². The first kappa shape index (κ1) is 21.6. The van der Waals surface area contributed by atoms with Gasteiger partial charge >= 0.3 is 0 Å². The fourth-order valence-corrected chi connectivity index (χ4v) is 7.45. The monoisotopic (exact) mass is 472 g/mol. The zero-order chi connectivity index (χ0) is 22.1. The van der Waals surface area contributed by atoms with Crippen molar-refractivity contribution in [2.45, 2.75) is 67.6 Å². The molecule has 0 unspecified atom stereocenters. The molecule has 2 heterocycles. The molecule has 0 atom stereocenters. The summed E-state index contributed by atoms with van der Waals surface area (Å²) in [4.78, 5) is 5.99. The van der Waals surface area contributed by atoms with E-state index in [1.807, 2.05) is 18.3 Å². The van der Waals surface area contributed by atoms with Gasteiger partial charge in [0.05, 0.1) is 45.1 Å². The number of aliphatic hydroxyl groups is 1. The Morgan fingerprint density at radius 2 is 1.91 bits per heavy atom. The molecule has 2 saturated carbocycles. The van der Waals surface area contributed by atoms with E-state index in [0.29, 0.717) is 23.0 Å². The molecule has 0 aliphatic heterocycles. The van der Waals surface area contributed by atoms with E-state index in [0.717, 1.165) is 34.0 Å². The van der Waals surface area contributed by atoms with Crippen LogP contribution in [-0.4, -0.2) is 40.1 Å². The zero-order valence-corrected chi connectivity index (χ0v) is 19.5. The Morgan fingerprint density at radius 1 is 1.09 bits per heavy atom. The van der Waals surface area contributed by atoms with Crippen LogP contribution in [0.25, 0.3) is 10.4 Å². The largest absolute Gasteiger partial charge is 0.394 e. The number of anilines is 2. The van der Waals surface area contributed by atoms with Gasteiger partial charge < -0.3 is 10.4 Å². The second-order valence-corrected chi connectivity index (χ2v) is 12.0. The highest BCUT2D eigenvalue weighted by Crippen LogP contribution is 2.43. The normalized spacial score (nSPS) is 17.5. The van der Waals surface area contributed by atoms with E-state index < -0.39 is 9.84 Å². The van der Waals surface area contributed by atoms with Crippen LogP contribution in [0.1, 0.15) is 55.9 Å². The van der Waals surface area contributed by atoms with Gasteiger partial charge in [0.25, 0.3) is 0 Å². The van der Waals surface area contributed by atoms with Crippen molar-refractivity contribution in [1.82, 2.24) is 14.8 Å². The first-order valence-corrected chi connectivity index (χ1v) is 13.7. The highest BCUT2D eigenvalue weighted by Gasteiger charge is 2.38. The molecule has 0 radical (unpaired) electrons. The maximum atomic E-state index is 13.3. The topological polar surface area (TPSA) is 97.1 Å². The lowest BCUT2D eigenvalue weighted by Gasteiger charge is -2.18. The Hall–Kier alpha value is -2.23. The van der Waals surface area contributed by atoms with Crippen LogP contribution in [0.3, 0.4) is 0 Å². The number of thiazole rings is 1. The molecular formula is C23H28N4O3S2. The number of nitrogens with zero attached hydrogens (tertiary/aromatic N) is 3. The van der Waals surface area contributed by atoms with Gasteiger partial charge in [0.15, 0.2) is 9.84 Å². The molecule has 2 aromatic heterocycles. The summed E-state index contributed by atoms with van der Waals surface area (Å²) in [7, 11) is -3.39. The number of hydrogen-bond donors (Lipinski definition) is 2. The molecule has 170 valence electrons. The number of rotatable bonds is 8. The predicted molar refractivity (Wildman–Crippen MR) is 126 cm³/mol. The highest BCUT2D eigenvalue weighted by atomic mass is 32.2. The van der Waals surface area contributed by atoms with E-state index in [9.17, 15) is 8.42 Å². The smallest absolute Gasteiger partial charge is 0.181 e. The van der Waals surface area contributed by atoms with Gasteiger partial charge in [-0.15, -0.1) is 11.3 Å². The number of nitrogens with one attached hydrogen (secondary N) is 1. The minimum atomic E-state index is -3.39. The van der Waals surface area contributed by atoms with Gasteiger partial charge in [0.2, 0.25) is 0 Å². The van der Waals surface area contributed by atoms with Gasteiger partial charge in [-0.2, -0.15) is 5.10 Å². The molecule has 32 heavy (non-hydrogen) atoms. The number of aliphatic hydroxyl groups excluding tert-OH is 1. The van der Waals surface area contributed by atoms with Gasteiger partial charge in [-0.3, -0.25) is 4.68 Å². The molecule has 2 aliphatic carbocycles. The van der Waals surface area contributed by atoms with Crippen LogP contribution < -0.4 is 5.32 Å². The number of sulfone groups is 1. The quantitative estimate of drug-likeness (QED) is 0.492. The summed E-state index contributed by atoms with van der Waals surface area (Å²) in [6.07, 6.45) is 12.9. The Kier molecular flexibility index (Phi) is 6.05. The fraction of sp³-hybridized carbons (Fsp3) is 0.478. The van der Waals surface area contributed by atoms with Crippen molar-refractivity contribution in [3.05, 3.63) is 41.8 Å². The molecule has 1 aromatic carbocycles. The first-order chi connectivity index (χ1) is 15.5. The molecule has 9 heteroatoms. The Bertz CT molecular complexity index is 1190. The maximum Gasteiger partial charge on any atom is 0.181 e. The van der Waals surface area contributed by atoms with Crippen LogP contribution >= 0.6 is 11.3 Å². The van der Waals surface area contributed by atoms with Gasteiger partial charge in [-0.1, -0.05) is 25.3 Å². The SMILES string of the molecule is O=S(=O)(c1cc(Nc2cnn(CCO)c2)ccc1-c1cnc(C2CCCCC2)s1)C1CC1. The molecule has 0 saturated heterocycles. The summed E-state index contributed by atoms with van der Waals surface area (Å²) in [5.74, 6) is 0.502. The van der Waals surface area contributed by atoms with Crippen molar-refractivity contribution in [3.8, 4) is 10.4 Å². The third-order valence-electron chi connectivity index (χ3n) is 6.25. The van der Waals surface area contributed by atoms with Crippen LogP contribution in [0, 0.1) is 0 Å². The van der Waals surface area contributed by atoms with E-state index in [1.54, 1.807) is 34.5 Å². The van der Waals surface area contributed by atoms with E-state index in [2.05, 4.69) is 15.4 Å². The molecule has 3 aromatic rings. The number of aromatic nitrogens is 3. The molecule has 0 bridgehead atoms. The van der Waals surface area contributed by atoms with Crippen molar-refractivity contribution in [3.63, 3.8) is 0 Å². The molecule has 2 aliphatic rings. The summed E-state index contributed by atoms with van der Waals surface area (Å²) in [6, 6.07) is 5.55. The Morgan fingerprint density at radius 3 is 2.66 bits per heavy atom. The summed E-state index contributed by atoms with van der Waals surface area (Å²) in [6.45, 7) is 0.425. The highest BCUT2D eigenvalue weighted by molar-refractivity contribution is 7.92. The molecule has 2 fully saturated rings. The van der Waals surface area contributed by atoms with Gasteiger partial charge in [-0.25, -0.2) is 13.4 Å². The standard InChI is InChI=1S/C23H28N4O3S2/c28-11-10-27-15-18(13-25-27)26-17-6-9-20(22(12-17)32(29,30)19-7-8-19)21-14-24-23(31-21)16-4-2-1-3-5-16/h6,9,12-16,19,26,28H,1-5,7-8,10-11H2. The number of hydrogen-bond acceptors (Lipinski definition) is 7. The van der Waals surface area contributed by atoms with Crippen molar-refractivity contribution < 1.29 is 13.5 Å². The molecule has 2 N–H and O–H groups in total. The molecular weight excluding hydrogens is 444 g/mol. The van der Waals surface area contributed by atoms with E-state index in [1.165, 1.54) is 32.1 Å². The van der Waals surface area contributed by atoms with E-state index in [-0.39, 0.29) is 11.9 Å². The minimum Gasteiger partial charge on any atom is -0.394 e. The van der Waals surface area contributed by atoms with Crippen molar-refractivity contribution in [1.29, 1.82) is 0 Å². The minimum absolute atomic E-state index is 0.0112. The number of benzene rings is 1. The molecule has 7 nitrogen and oxygen atoms in total. The fourth-order valence-electron chi connectivity index (χ4n) is 4.37. The van der Waals surface area contributed by atoms with Crippen LogP contribution in [0.4, 0.5) is 11.4 Å². The predicted octanol–water partition coefficient (Wildman–Crippen LogP) is 4.73. The van der Waals surface area contributed by atoms with Crippen molar-refractivity contribution in [2.24, 2.45) is 0 Å². The summed E-state index contributed by atoms with van der Waals surface area (Å²) >= 11 is 1.64. The third kappa shape index (κ3) is 4.46. The average molecular weight is 473 g/mol. The van der Waals surface area contributed by atoms with E-state index >= 15 is 0 Å². The maximum absolute atomic E-state index is 13.3. The van der Waals surface area contributed by atoms with Gasteiger partial charge in [0.1, 0.15) is 0 Å². The zero-order valence-electron chi connectivity index (χ0n) is 17.9. The lowest BCUT2D eigenvalue weighted by atomic mass is 9.90. The second kappa shape index (κ2) is 8.96. The molecule has 5 rings (SSSR count). The lowest BCUT2D eigenvalue weighted by Crippen LogP contribution is -2.09. The summed E-state index contributed by atoms with van der Waals surface area (Å²) < 4.78 is 28.2. The third-order valence-corrected chi connectivity index (χ3v) is 9.74. The van der Waals surface area contributed by atoms with E-state index in [4.69, 9.17) is 5.11 Å². The summed E-state index contributed by atoms with van der Waals surface area (Å²) in [5.41, 5.74) is 2.20. The summed E-state index contributed by atoms with van der Waals surface area (Å²) in [5, 5.41) is 17.4. The van der Waals surface area contributed by atoms with Crippen LogP contribution in [-0.2, 0) is 16.4 Å². The lowest BCUT2D eigenvalue weighted by molar-refractivity contribution is 0.269. The molecule has 0 amide bonds. The average Bonchev–Trinajstić information content (AvgIpc) is 3.41. The second-order valence-electron chi connectivity index (χ2n) is 8.69. The Labute approximate surface area is 192 Å². The van der Waals surface area contributed by atoms with Crippen LogP contribution in [0.2, 0.25) is 0 Å². The van der Waals surface area contributed by atoms with Crippen molar-refractivity contribution in [2.75, 3.05) is 11.9 Å². The van der Waals surface area contributed by atoms with Crippen LogP contribution in [0.5, 0.6) is 0 Å². The Balaban J connectivity index is 1.47. The van der Waals surface area contributed by atoms with Gasteiger partial charge in [-0.05, 0) is 37.8 Å². The molecule has 0 spiro atoms. The van der Waals surface area contributed by atoms with Crippen molar-refractivity contribution >= 4 is 32.5 Å². The van der Waals surface area contributed by atoms with Crippen LogP contribution in [0.15, 0.2) is 41.7 Å². The first-order valence-electron chi connectivity index (χ1n) is 11.3.